The van der Waals surface area contributed by atoms with Crippen molar-refractivity contribution in [3.63, 3.8) is 0 Å². The fourth-order valence-corrected chi connectivity index (χ4v) is 3.46. The minimum absolute atomic E-state index is 0.0141. The number of hydrogen-bond acceptors (Lipinski definition) is 6. The summed E-state index contributed by atoms with van der Waals surface area (Å²) < 4.78 is 27.3. The van der Waals surface area contributed by atoms with E-state index in [4.69, 9.17) is 0 Å². The van der Waals surface area contributed by atoms with Crippen molar-refractivity contribution in [2.75, 3.05) is 27.2 Å². The molecular formula is C17H15F2N3O2S. The second-order valence-corrected chi connectivity index (χ2v) is 6.88. The average Bonchev–Trinajstić information content (AvgIpc) is 3.00. The van der Waals surface area contributed by atoms with Gasteiger partial charge in [-0.05, 0) is 32.3 Å². The molecule has 1 aliphatic rings. The number of benzene rings is 1. The Morgan fingerprint density at radius 1 is 1.28 bits per heavy atom. The Hall–Kier alpha value is -2.32. The summed E-state index contributed by atoms with van der Waals surface area (Å²) in [5.74, 6) is -1.98. The summed E-state index contributed by atoms with van der Waals surface area (Å²) in [5.41, 5.74) is 0.139. The lowest BCUT2D eigenvalue weighted by Gasteiger charge is -2.11. The van der Waals surface area contributed by atoms with E-state index in [9.17, 15) is 18.4 Å². The molecule has 0 bridgehead atoms. The smallest absolute Gasteiger partial charge is 0.219 e. The topological polar surface area (TPSA) is 62.6 Å². The highest BCUT2D eigenvalue weighted by atomic mass is 32.1. The quantitative estimate of drug-likeness (QED) is 0.838. The maximum atomic E-state index is 13.9. The molecule has 0 amide bonds. The molecule has 2 aromatic rings. The second kappa shape index (κ2) is 6.89. The van der Waals surface area contributed by atoms with Gasteiger partial charge in [-0.3, -0.25) is 14.6 Å². The van der Waals surface area contributed by atoms with Gasteiger partial charge in [-0.15, -0.1) is 11.3 Å². The van der Waals surface area contributed by atoms with Crippen LogP contribution in [0.5, 0.6) is 0 Å². The van der Waals surface area contributed by atoms with Crippen molar-refractivity contribution in [3.05, 3.63) is 40.4 Å². The number of Topliss-reactive ketones (excluding diaryl/α,β-unsaturated/α-hetero) is 2. The Kier molecular flexibility index (Phi) is 4.82. The van der Waals surface area contributed by atoms with E-state index in [0.717, 1.165) is 29.5 Å². The lowest BCUT2D eigenvalue weighted by Crippen LogP contribution is -2.27. The molecule has 0 saturated heterocycles. The fraction of sp³-hybridized carbons (Fsp3) is 0.294. The van der Waals surface area contributed by atoms with Gasteiger partial charge in [0.25, 0.3) is 0 Å². The van der Waals surface area contributed by atoms with Crippen LogP contribution in [0.25, 0.3) is 10.6 Å². The van der Waals surface area contributed by atoms with E-state index in [1.807, 2.05) is 19.0 Å². The van der Waals surface area contributed by atoms with Crippen LogP contribution in [0.4, 0.5) is 8.78 Å². The van der Waals surface area contributed by atoms with E-state index in [-0.39, 0.29) is 44.8 Å². The maximum absolute atomic E-state index is 13.9. The van der Waals surface area contributed by atoms with Gasteiger partial charge in [-0.2, -0.15) is 0 Å². The Bertz CT molecular complexity index is 890. The first-order chi connectivity index (χ1) is 11.9. The summed E-state index contributed by atoms with van der Waals surface area (Å²) in [7, 11) is 3.77. The number of ketones is 2. The average molecular weight is 363 g/mol. The lowest BCUT2D eigenvalue weighted by molar-refractivity contribution is 0.0963. The van der Waals surface area contributed by atoms with Gasteiger partial charge in [0.05, 0.1) is 18.7 Å². The van der Waals surface area contributed by atoms with Gasteiger partial charge in [-0.1, -0.05) is 0 Å². The van der Waals surface area contributed by atoms with Crippen molar-refractivity contribution in [1.29, 1.82) is 0 Å². The van der Waals surface area contributed by atoms with Crippen LogP contribution in [0.3, 0.4) is 0 Å². The van der Waals surface area contributed by atoms with Gasteiger partial charge in [0.1, 0.15) is 27.2 Å². The molecule has 1 heterocycles. The molecule has 0 unspecified atom stereocenters. The number of aliphatic imine (C=N–C) groups is 1. The predicted molar refractivity (Wildman–Crippen MR) is 91.6 cm³/mol. The normalized spacial score (nSPS) is 16.0. The number of rotatable bonds is 4. The molecule has 0 fully saturated rings. The van der Waals surface area contributed by atoms with Crippen LogP contribution in [0, 0.1) is 11.6 Å². The van der Waals surface area contributed by atoms with Crippen molar-refractivity contribution in [3.8, 4) is 10.6 Å². The van der Waals surface area contributed by atoms with Crippen molar-refractivity contribution in [2.24, 2.45) is 4.99 Å². The molecule has 0 saturated carbocycles. The first-order valence-electron chi connectivity index (χ1n) is 7.59. The molecule has 0 N–H and O–H groups in total. The molecule has 0 spiro atoms. The van der Waals surface area contributed by atoms with Gasteiger partial charge < -0.3 is 4.90 Å². The Labute approximate surface area is 147 Å². The summed E-state index contributed by atoms with van der Waals surface area (Å²) >= 11 is 0.887. The molecule has 0 radical (unpaired) electrons. The Morgan fingerprint density at radius 3 is 2.76 bits per heavy atom. The van der Waals surface area contributed by atoms with Crippen LogP contribution in [-0.2, 0) is 0 Å². The molecular weight excluding hydrogens is 348 g/mol. The van der Waals surface area contributed by atoms with Crippen LogP contribution >= 0.6 is 11.3 Å². The summed E-state index contributed by atoms with van der Waals surface area (Å²) in [5, 5.41) is 0.109. The molecule has 130 valence electrons. The van der Waals surface area contributed by atoms with Gasteiger partial charge >= 0.3 is 0 Å². The van der Waals surface area contributed by atoms with E-state index >= 15 is 0 Å². The van der Waals surface area contributed by atoms with Gasteiger partial charge in [0, 0.05) is 12.1 Å². The Morgan fingerprint density at radius 2 is 2.04 bits per heavy atom. The van der Waals surface area contributed by atoms with E-state index in [0.29, 0.717) is 13.1 Å². The van der Waals surface area contributed by atoms with Crippen molar-refractivity contribution in [1.82, 2.24) is 9.88 Å². The highest BCUT2D eigenvalue weighted by Crippen LogP contribution is 2.33. The first-order valence-corrected chi connectivity index (χ1v) is 8.40. The minimum Gasteiger partial charge on any atom is -0.308 e. The molecule has 3 rings (SSSR count). The molecule has 8 heteroatoms. The first kappa shape index (κ1) is 17.5. The molecule has 25 heavy (non-hydrogen) atoms. The van der Waals surface area contributed by atoms with E-state index in [1.54, 1.807) is 0 Å². The number of hydrogen-bond donors (Lipinski definition) is 0. The zero-order chi connectivity index (χ0) is 18.1. The molecule has 5 nitrogen and oxygen atoms in total. The summed E-state index contributed by atoms with van der Waals surface area (Å²) in [6.07, 6.45) is -0.117. The minimum atomic E-state index is -0.660. The number of aromatic nitrogens is 1. The van der Waals surface area contributed by atoms with Crippen molar-refractivity contribution in [2.45, 2.75) is 6.42 Å². The number of halogens is 2. The molecule has 0 aliphatic heterocycles. The van der Waals surface area contributed by atoms with Crippen LogP contribution in [-0.4, -0.2) is 54.3 Å². The SMILES string of the molecule is CN(C)CCN=C1CC(=O)c2nc(-c3cc(F)ccc3F)sc2C1=O. The molecule has 1 aromatic heterocycles. The Balaban J connectivity index is 1.97. The zero-order valence-electron chi connectivity index (χ0n) is 13.7. The van der Waals surface area contributed by atoms with Crippen LogP contribution in [0.15, 0.2) is 23.2 Å². The van der Waals surface area contributed by atoms with Gasteiger partial charge in [0.2, 0.25) is 5.78 Å². The zero-order valence-corrected chi connectivity index (χ0v) is 14.5. The monoisotopic (exact) mass is 363 g/mol. The third-order valence-electron chi connectivity index (χ3n) is 3.70. The summed E-state index contributed by atoms with van der Waals surface area (Å²) in [6.45, 7) is 1.06. The van der Waals surface area contributed by atoms with E-state index in [1.165, 1.54) is 0 Å². The number of fused-ring (bicyclic) bond motifs is 1. The predicted octanol–water partition coefficient (Wildman–Crippen LogP) is 2.86. The molecule has 1 aromatic carbocycles. The van der Waals surface area contributed by atoms with E-state index < -0.39 is 11.6 Å². The fourth-order valence-electron chi connectivity index (χ4n) is 2.40. The number of nitrogens with zero attached hydrogens (tertiary/aromatic N) is 3. The maximum Gasteiger partial charge on any atom is 0.219 e. The molecule has 0 atom stereocenters. The standard InChI is InChI=1S/C17H15F2N3O2S/c1-22(2)6-5-20-12-8-13(23)14-16(15(12)24)25-17(21-14)10-7-9(18)3-4-11(10)19/h3-4,7H,5-6,8H2,1-2H3. The second-order valence-electron chi connectivity index (χ2n) is 5.88. The highest BCUT2D eigenvalue weighted by molar-refractivity contribution is 7.18. The lowest BCUT2D eigenvalue weighted by atomic mass is 9.98. The van der Waals surface area contributed by atoms with Crippen LogP contribution in [0.1, 0.15) is 26.6 Å². The van der Waals surface area contributed by atoms with E-state index in [2.05, 4.69) is 9.98 Å². The number of likely N-dealkylation sites (N-methyl/N-ethyl adjacent to an activating group) is 1. The van der Waals surface area contributed by atoms with Crippen molar-refractivity contribution >= 4 is 28.6 Å². The van der Waals surface area contributed by atoms with Crippen LogP contribution < -0.4 is 0 Å². The highest BCUT2D eigenvalue weighted by Gasteiger charge is 2.33. The third kappa shape index (κ3) is 3.54. The van der Waals surface area contributed by atoms with Gasteiger partial charge in [-0.25, -0.2) is 13.8 Å². The number of thiazole rings is 1. The molecule has 1 aliphatic carbocycles. The van der Waals surface area contributed by atoms with Crippen LogP contribution in [0.2, 0.25) is 0 Å². The number of carbonyl (C=O) groups excluding carboxylic acids is 2. The number of carbonyl (C=O) groups is 2. The van der Waals surface area contributed by atoms with Gasteiger partial charge in [0.15, 0.2) is 5.78 Å². The summed E-state index contributed by atoms with van der Waals surface area (Å²) in [6, 6.07) is 2.99. The third-order valence-corrected chi connectivity index (χ3v) is 4.78. The van der Waals surface area contributed by atoms with Crippen molar-refractivity contribution < 1.29 is 18.4 Å². The largest absolute Gasteiger partial charge is 0.308 e. The summed E-state index contributed by atoms with van der Waals surface area (Å²) in [4.78, 5) is 35.2.